The third kappa shape index (κ3) is 2.23. The van der Waals surface area contributed by atoms with Gasteiger partial charge in [0.15, 0.2) is 0 Å². The fourth-order valence-corrected chi connectivity index (χ4v) is 2.24. The zero-order chi connectivity index (χ0) is 11.7. The van der Waals surface area contributed by atoms with Crippen molar-refractivity contribution in [3.05, 3.63) is 35.1 Å². The summed E-state index contributed by atoms with van der Waals surface area (Å²) in [6.07, 6.45) is 2.23. The van der Waals surface area contributed by atoms with Gasteiger partial charge >= 0.3 is 5.97 Å². The van der Waals surface area contributed by atoms with Gasteiger partial charge in [0.2, 0.25) is 0 Å². The second kappa shape index (κ2) is 4.24. The van der Waals surface area contributed by atoms with Crippen molar-refractivity contribution in [2.75, 3.05) is 0 Å². The Balaban J connectivity index is 2.30. The van der Waals surface area contributed by atoms with Crippen LogP contribution in [0.15, 0.2) is 18.2 Å². The zero-order valence-electron chi connectivity index (χ0n) is 9.24. The number of rotatable bonds is 4. The van der Waals surface area contributed by atoms with Gasteiger partial charge in [-0.3, -0.25) is 4.79 Å². The number of carboxylic acid groups (broad SMARTS) is 1. The Morgan fingerprint density at radius 1 is 1.56 bits per heavy atom. The molecule has 1 aromatic carbocycles. The Morgan fingerprint density at radius 2 is 2.25 bits per heavy atom. The van der Waals surface area contributed by atoms with Crippen LogP contribution in [0.3, 0.4) is 0 Å². The predicted octanol–water partition coefficient (Wildman–Crippen LogP) is 3.10. The van der Waals surface area contributed by atoms with Crippen LogP contribution in [-0.2, 0) is 4.79 Å². The van der Waals surface area contributed by atoms with Crippen molar-refractivity contribution in [3.8, 4) is 0 Å². The molecule has 1 aliphatic rings. The maximum absolute atomic E-state index is 13.4. The van der Waals surface area contributed by atoms with Gasteiger partial charge in [0.1, 0.15) is 5.82 Å². The normalized spacial score (nSPS) is 17.1. The molecule has 16 heavy (non-hydrogen) atoms. The molecule has 1 N–H and O–H groups in total. The van der Waals surface area contributed by atoms with Crippen LogP contribution in [0.4, 0.5) is 4.39 Å². The number of carboxylic acids is 1. The second-order valence-corrected chi connectivity index (χ2v) is 4.50. The first-order chi connectivity index (χ1) is 7.59. The minimum atomic E-state index is -0.805. The minimum absolute atomic E-state index is 0.0202. The second-order valence-electron chi connectivity index (χ2n) is 4.50. The average Bonchev–Trinajstić information content (AvgIpc) is 3.02. The Bertz CT molecular complexity index is 410. The lowest BCUT2D eigenvalue weighted by molar-refractivity contribution is -0.137. The molecule has 0 heterocycles. The van der Waals surface area contributed by atoms with Crippen molar-refractivity contribution in [2.24, 2.45) is 5.92 Å². The summed E-state index contributed by atoms with van der Waals surface area (Å²) in [5, 5.41) is 8.89. The van der Waals surface area contributed by atoms with Crippen LogP contribution in [0.5, 0.6) is 0 Å². The number of hydrogen-bond donors (Lipinski definition) is 1. The maximum Gasteiger partial charge on any atom is 0.303 e. The molecule has 0 saturated heterocycles. The van der Waals surface area contributed by atoms with E-state index in [1.807, 2.05) is 6.07 Å². The highest BCUT2D eigenvalue weighted by atomic mass is 19.1. The third-order valence-corrected chi connectivity index (χ3v) is 3.29. The number of benzene rings is 1. The fraction of sp³-hybridized carbons (Fsp3) is 0.462. The van der Waals surface area contributed by atoms with Gasteiger partial charge in [-0.1, -0.05) is 12.1 Å². The summed E-state index contributed by atoms with van der Waals surface area (Å²) in [6.45, 7) is 1.72. The van der Waals surface area contributed by atoms with Crippen LogP contribution in [-0.4, -0.2) is 11.1 Å². The molecule has 1 atom stereocenters. The number of halogens is 1. The first-order valence-electron chi connectivity index (χ1n) is 5.56. The van der Waals surface area contributed by atoms with E-state index in [0.717, 1.165) is 18.4 Å². The van der Waals surface area contributed by atoms with Crippen molar-refractivity contribution in [3.63, 3.8) is 0 Å². The number of aliphatic carboxylic acids is 1. The number of carbonyl (C=O) groups is 1. The summed E-state index contributed by atoms with van der Waals surface area (Å²) >= 11 is 0. The van der Waals surface area contributed by atoms with E-state index < -0.39 is 5.97 Å². The molecule has 0 aromatic heterocycles. The Labute approximate surface area is 94.1 Å². The van der Waals surface area contributed by atoms with E-state index >= 15 is 0 Å². The van der Waals surface area contributed by atoms with Gasteiger partial charge in [0, 0.05) is 0 Å². The summed E-state index contributed by atoms with van der Waals surface area (Å²) in [5.41, 5.74) is 1.46. The molecule has 0 radical (unpaired) electrons. The molecule has 0 spiro atoms. The lowest BCUT2D eigenvalue weighted by Crippen LogP contribution is -2.10. The Kier molecular flexibility index (Phi) is 2.95. The van der Waals surface area contributed by atoms with E-state index in [1.165, 1.54) is 6.07 Å². The summed E-state index contributed by atoms with van der Waals surface area (Å²) < 4.78 is 13.4. The van der Waals surface area contributed by atoms with Crippen LogP contribution in [0.25, 0.3) is 0 Å². The standard InChI is InChI=1S/C13H15FO2/c1-8-10(3-2-4-12(8)14)11(7-13(15)16)9-5-6-9/h2-4,9,11H,5-7H2,1H3,(H,15,16). The van der Waals surface area contributed by atoms with E-state index in [4.69, 9.17) is 5.11 Å². The molecule has 3 heteroatoms. The Morgan fingerprint density at radius 3 is 2.81 bits per heavy atom. The van der Waals surface area contributed by atoms with Gasteiger partial charge in [0.05, 0.1) is 6.42 Å². The highest BCUT2D eigenvalue weighted by Crippen LogP contribution is 2.45. The maximum atomic E-state index is 13.4. The van der Waals surface area contributed by atoms with Crippen molar-refractivity contribution in [1.82, 2.24) is 0 Å². The molecule has 0 aliphatic heterocycles. The summed E-state index contributed by atoms with van der Waals surface area (Å²) in [4.78, 5) is 10.8. The van der Waals surface area contributed by atoms with Gasteiger partial charge in [-0.15, -0.1) is 0 Å². The molecule has 1 saturated carbocycles. The topological polar surface area (TPSA) is 37.3 Å². The lowest BCUT2D eigenvalue weighted by atomic mass is 9.88. The quantitative estimate of drug-likeness (QED) is 0.849. The van der Waals surface area contributed by atoms with Crippen molar-refractivity contribution in [1.29, 1.82) is 0 Å². The molecule has 86 valence electrons. The monoisotopic (exact) mass is 222 g/mol. The molecule has 1 unspecified atom stereocenters. The average molecular weight is 222 g/mol. The van der Waals surface area contributed by atoms with Gasteiger partial charge in [0.25, 0.3) is 0 Å². The molecular weight excluding hydrogens is 207 g/mol. The number of hydrogen-bond acceptors (Lipinski definition) is 1. The van der Waals surface area contributed by atoms with Crippen molar-refractivity contribution < 1.29 is 14.3 Å². The highest BCUT2D eigenvalue weighted by molar-refractivity contribution is 5.68. The molecule has 0 bridgehead atoms. The van der Waals surface area contributed by atoms with Crippen LogP contribution >= 0.6 is 0 Å². The zero-order valence-corrected chi connectivity index (χ0v) is 9.24. The molecule has 2 nitrogen and oxygen atoms in total. The molecule has 1 aliphatic carbocycles. The van der Waals surface area contributed by atoms with E-state index in [2.05, 4.69) is 0 Å². The fourth-order valence-electron chi connectivity index (χ4n) is 2.24. The first-order valence-corrected chi connectivity index (χ1v) is 5.56. The SMILES string of the molecule is Cc1c(F)cccc1C(CC(=O)O)C1CC1. The van der Waals surface area contributed by atoms with Crippen molar-refractivity contribution >= 4 is 5.97 Å². The van der Waals surface area contributed by atoms with Gasteiger partial charge < -0.3 is 5.11 Å². The van der Waals surface area contributed by atoms with E-state index in [0.29, 0.717) is 11.5 Å². The van der Waals surface area contributed by atoms with Crippen molar-refractivity contribution in [2.45, 2.75) is 32.1 Å². The van der Waals surface area contributed by atoms with Gasteiger partial charge in [-0.25, -0.2) is 4.39 Å². The van der Waals surface area contributed by atoms with Crippen LogP contribution in [0.1, 0.15) is 36.3 Å². The molecule has 0 amide bonds. The molecule has 2 rings (SSSR count). The molecule has 1 fully saturated rings. The van der Waals surface area contributed by atoms with E-state index in [1.54, 1.807) is 13.0 Å². The largest absolute Gasteiger partial charge is 0.481 e. The molecular formula is C13H15FO2. The van der Waals surface area contributed by atoms with E-state index in [9.17, 15) is 9.18 Å². The smallest absolute Gasteiger partial charge is 0.303 e. The van der Waals surface area contributed by atoms with Crippen LogP contribution in [0, 0.1) is 18.7 Å². The molecule has 1 aromatic rings. The van der Waals surface area contributed by atoms with E-state index in [-0.39, 0.29) is 18.2 Å². The van der Waals surface area contributed by atoms with Gasteiger partial charge in [-0.05, 0) is 48.8 Å². The third-order valence-electron chi connectivity index (χ3n) is 3.29. The minimum Gasteiger partial charge on any atom is -0.481 e. The Hall–Kier alpha value is -1.38. The van der Waals surface area contributed by atoms with Crippen LogP contribution < -0.4 is 0 Å². The van der Waals surface area contributed by atoms with Crippen LogP contribution in [0.2, 0.25) is 0 Å². The predicted molar refractivity (Wildman–Crippen MR) is 58.9 cm³/mol. The highest BCUT2D eigenvalue weighted by Gasteiger charge is 2.34. The summed E-state index contributed by atoms with van der Waals surface area (Å²) in [7, 11) is 0. The first kappa shape index (κ1) is 11.1. The summed E-state index contributed by atoms with van der Waals surface area (Å²) in [6, 6.07) is 4.93. The lowest BCUT2D eigenvalue weighted by Gasteiger charge is -2.17. The van der Waals surface area contributed by atoms with Gasteiger partial charge in [-0.2, -0.15) is 0 Å². The summed E-state index contributed by atoms with van der Waals surface area (Å²) in [5.74, 6) is -0.640.